The summed E-state index contributed by atoms with van der Waals surface area (Å²) >= 11 is 0. The topological polar surface area (TPSA) is 45.5 Å². The highest BCUT2D eigenvalue weighted by Gasteiger charge is 2.10. The summed E-state index contributed by atoms with van der Waals surface area (Å²) in [6.45, 7) is 3.71. The first-order valence-corrected chi connectivity index (χ1v) is 3.90. The summed E-state index contributed by atoms with van der Waals surface area (Å²) in [5, 5.41) is 8.71. The van der Waals surface area contributed by atoms with Crippen molar-refractivity contribution in [2.45, 2.75) is 13.0 Å². The highest BCUT2D eigenvalue weighted by Crippen LogP contribution is 1.96. The predicted molar refractivity (Wildman–Crippen MR) is 45.5 cm³/mol. The predicted octanol–water partition coefficient (Wildman–Crippen LogP) is 0.451. The van der Waals surface area contributed by atoms with E-state index in [0.29, 0.717) is 19.8 Å². The standard InChI is InChI=1S/C8H16N2O2/c1-8(6-12-3)10(7-9)4-5-11-2/h8H,4-6H2,1-3H3. The number of methoxy groups -OCH3 is 2. The van der Waals surface area contributed by atoms with Gasteiger partial charge in [0.25, 0.3) is 0 Å². The minimum Gasteiger partial charge on any atom is -0.383 e. The molecule has 0 fully saturated rings. The normalized spacial score (nSPS) is 12.2. The molecule has 0 aliphatic rings. The Morgan fingerprint density at radius 3 is 2.50 bits per heavy atom. The molecule has 4 heteroatoms. The number of hydrogen-bond acceptors (Lipinski definition) is 4. The van der Waals surface area contributed by atoms with Crippen LogP contribution in [0.15, 0.2) is 0 Å². The molecule has 0 saturated carbocycles. The number of hydrogen-bond donors (Lipinski definition) is 0. The summed E-state index contributed by atoms with van der Waals surface area (Å²) < 4.78 is 9.80. The number of rotatable bonds is 6. The van der Waals surface area contributed by atoms with Gasteiger partial charge in [-0.1, -0.05) is 0 Å². The second-order valence-electron chi connectivity index (χ2n) is 2.59. The molecule has 12 heavy (non-hydrogen) atoms. The summed E-state index contributed by atoms with van der Waals surface area (Å²) in [5.41, 5.74) is 0. The maximum absolute atomic E-state index is 8.71. The van der Waals surface area contributed by atoms with E-state index in [9.17, 15) is 0 Å². The lowest BCUT2D eigenvalue weighted by molar-refractivity contribution is 0.107. The third-order valence-corrected chi connectivity index (χ3v) is 1.60. The van der Waals surface area contributed by atoms with E-state index >= 15 is 0 Å². The second-order valence-corrected chi connectivity index (χ2v) is 2.59. The van der Waals surface area contributed by atoms with Crippen LogP contribution in [0.5, 0.6) is 0 Å². The van der Waals surface area contributed by atoms with Crippen molar-refractivity contribution in [3.8, 4) is 6.19 Å². The van der Waals surface area contributed by atoms with Crippen molar-refractivity contribution >= 4 is 0 Å². The van der Waals surface area contributed by atoms with Crippen LogP contribution in [0.3, 0.4) is 0 Å². The van der Waals surface area contributed by atoms with Crippen LogP contribution in [-0.2, 0) is 9.47 Å². The average molecular weight is 172 g/mol. The van der Waals surface area contributed by atoms with E-state index in [-0.39, 0.29) is 6.04 Å². The third-order valence-electron chi connectivity index (χ3n) is 1.60. The highest BCUT2D eigenvalue weighted by molar-refractivity contribution is 4.79. The molecule has 0 heterocycles. The van der Waals surface area contributed by atoms with Crippen LogP contribution in [0.25, 0.3) is 0 Å². The Kier molecular flexibility index (Phi) is 6.44. The molecule has 0 saturated heterocycles. The Morgan fingerprint density at radius 1 is 1.42 bits per heavy atom. The molecular formula is C8H16N2O2. The van der Waals surface area contributed by atoms with E-state index < -0.39 is 0 Å². The van der Waals surface area contributed by atoms with Gasteiger partial charge in [0.1, 0.15) is 0 Å². The fourth-order valence-electron chi connectivity index (χ4n) is 0.890. The van der Waals surface area contributed by atoms with Gasteiger partial charge in [-0.2, -0.15) is 5.26 Å². The fraction of sp³-hybridized carbons (Fsp3) is 0.875. The molecule has 0 aromatic carbocycles. The van der Waals surface area contributed by atoms with Crippen LogP contribution in [0.2, 0.25) is 0 Å². The number of nitrogens with zero attached hydrogens (tertiary/aromatic N) is 2. The lowest BCUT2D eigenvalue weighted by Gasteiger charge is -2.21. The lowest BCUT2D eigenvalue weighted by atomic mass is 10.3. The van der Waals surface area contributed by atoms with Crippen molar-refractivity contribution in [2.24, 2.45) is 0 Å². The van der Waals surface area contributed by atoms with Crippen molar-refractivity contribution in [2.75, 3.05) is 34.0 Å². The van der Waals surface area contributed by atoms with Gasteiger partial charge in [0, 0.05) is 14.2 Å². The first-order chi connectivity index (χ1) is 5.76. The molecule has 0 amide bonds. The molecular weight excluding hydrogens is 156 g/mol. The lowest BCUT2D eigenvalue weighted by Crippen LogP contribution is -2.34. The SMILES string of the molecule is COCCN(C#N)C(C)COC. The molecule has 0 aromatic heterocycles. The summed E-state index contributed by atoms with van der Waals surface area (Å²) in [4.78, 5) is 1.65. The van der Waals surface area contributed by atoms with Gasteiger partial charge in [0.15, 0.2) is 6.19 Å². The highest BCUT2D eigenvalue weighted by atomic mass is 16.5. The van der Waals surface area contributed by atoms with Crippen molar-refractivity contribution in [3.63, 3.8) is 0 Å². The molecule has 0 aliphatic carbocycles. The zero-order valence-electron chi connectivity index (χ0n) is 7.91. The third kappa shape index (κ3) is 4.16. The Bertz CT molecular complexity index is 144. The number of nitriles is 1. The van der Waals surface area contributed by atoms with Gasteiger partial charge in [-0.3, -0.25) is 0 Å². The molecule has 4 nitrogen and oxygen atoms in total. The van der Waals surface area contributed by atoms with Crippen LogP contribution < -0.4 is 0 Å². The first-order valence-electron chi connectivity index (χ1n) is 3.90. The largest absolute Gasteiger partial charge is 0.383 e. The zero-order chi connectivity index (χ0) is 9.40. The van der Waals surface area contributed by atoms with Gasteiger partial charge in [-0.05, 0) is 6.92 Å². The molecule has 0 aromatic rings. The zero-order valence-corrected chi connectivity index (χ0v) is 7.91. The molecule has 0 aliphatic heterocycles. The number of ether oxygens (including phenoxy) is 2. The maximum Gasteiger partial charge on any atom is 0.179 e. The molecule has 1 atom stereocenters. The van der Waals surface area contributed by atoms with E-state index in [1.165, 1.54) is 0 Å². The Morgan fingerprint density at radius 2 is 2.08 bits per heavy atom. The molecule has 0 spiro atoms. The van der Waals surface area contributed by atoms with E-state index in [4.69, 9.17) is 14.7 Å². The minimum absolute atomic E-state index is 0.121. The molecule has 0 rings (SSSR count). The quantitative estimate of drug-likeness (QED) is 0.431. The van der Waals surface area contributed by atoms with Crippen LogP contribution >= 0.6 is 0 Å². The van der Waals surface area contributed by atoms with Gasteiger partial charge in [-0.25, -0.2) is 0 Å². The van der Waals surface area contributed by atoms with Gasteiger partial charge >= 0.3 is 0 Å². The first kappa shape index (κ1) is 11.2. The van der Waals surface area contributed by atoms with Gasteiger partial charge in [0.05, 0.1) is 25.8 Å². The summed E-state index contributed by atoms with van der Waals surface area (Å²) in [6, 6.07) is 0.121. The van der Waals surface area contributed by atoms with Crippen molar-refractivity contribution in [1.29, 1.82) is 5.26 Å². The van der Waals surface area contributed by atoms with Crippen molar-refractivity contribution in [3.05, 3.63) is 0 Å². The van der Waals surface area contributed by atoms with Crippen LogP contribution in [0.4, 0.5) is 0 Å². The van der Waals surface area contributed by atoms with Gasteiger partial charge < -0.3 is 14.4 Å². The molecule has 0 bridgehead atoms. The molecule has 1 unspecified atom stereocenters. The fourth-order valence-corrected chi connectivity index (χ4v) is 0.890. The van der Waals surface area contributed by atoms with Crippen LogP contribution in [0.1, 0.15) is 6.92 Å². The monoisotopic (exact) mass is 172 g/mol. The molecule has 0 radical (unpaired) electrons. The Labute approximate surface area is 73.7 Å². The van der Waals surface area contributed by atoms with E-state index in [0.717, 1.165) is 0 Å². The molecule has 0 N–H and O–H groups in total. The molecule has 70 valence electrons. The summed E-state index contributed by atoms with van der Waals surface area (Å²) in [7, 11) is 3.25. The van der Waals surface area contributed by atoms with E-state index in [2.05, 4.69) is 6.19 Å². The summed E-state index contributed by atoms with van der Waals surface area (Å²) in [5.74, 6) is 0. The average Bonchev–Trinajstić information content (AvgIpc) is 2.06. The smallest absolute Gasteiger partial charge is 0.179 e. The van der Waals surface area contributed by atoms with Crippen LogP contribution in [-0.4, -0.2) is 44.9 Å². The van der Waals surface area contributed by atoms with Crippen LogP contribution in [0, 0.1) is 11.5 Å². The Hall–Kier alpha value is -0.790. The minimum atomic E-state index is 0.121. The van der Waals surface area contributed by atoms with E-state index in [1.54, 1.807) is 19.1 Å². The maximum atomic E-state index is 8.71. The van der Waals surface area contributed by atoms with Crippen molar-refractivity contribution in [1.82, 2.24) is 4.90 Å². The van der Waals surface area contributed by atoms with Gasteiger partial charge in [-0.15, -0.1) is 0 Å². The Balaban J connectivity index is 3.73. The second kappa shape index (κ2) is 6.89. The van der Waals surface area contributed by atoms with Gasteiger partial charge in [0.2, 0.25) is 0 Å². The summed E-state index contributed by atoms with van der Waals surface area (Å²) in [6.07, 6.45) is 2.09. The van der Waals surface area contributed by atoms with Crippen molar-refractivity contribution < 1.29 is 9.47 Å². The van der Waals surface area contributed by atoms with E-state index in [1.807, 2.05) is 6.92 Å².